The number of piperidine rings is 2. The number of anilines is 1. The Kier molecular flexibility index (Phi) is 7.06. The second-order valence-corrected chi connectivity index (χ2v) is 10.3. The summed E-state index contributed by atoms with van der Waals surface area (Å²) in [5, 5.41) is 14.3. The van der Waals surface area contributed by atoms with Gasteiger partial charge < -0.3 is 20.2 Å². The average Bonchev–Trinajstić information content (AvgIpc) is 3.51. The van der Waals surface area contributed by atoms with Gasteiger partial charge in [0.1, 0.15) is 6.04 Å². The van der Waals surface area contributed by atoms with Gasteiger partial charge in [-0.15, -0.1) is 0 Å². The van der Waals surface area contributed by atoms with Gasteiger partial charge in [-0.2, -0.15) is 0 Å². The van der Waals surface area contributed by atoms with Crippen LogP contribution < -0.4 is 10.6 Å². The van der Waals surface area contributed by atoms with Gasteiger partial charge in [-0.1, -0.05) is 6.07 Å². The molecule has 4 heterocycles. The maximum atomic E-state index is 13.2. The molecule has 0 aliphatic carbocycles. The van der Waals surface area contributed by atoms with Crippen LogP contribution in [0.2, 0.25) is 0 Å². The maximum Gasteiger partial charge on any atom is 0.308 e. The van der Waals surface area contributed by atoms with Crippen molar-refractivity contribution in [1.29, 1.82) is 0 Å². The van der Waals surface area contributed by atoms with E-state index in [1.165, 1.54) is 6.07 Å². The second-order valence-electron chi connectivity index (χ2n) is 10.3. The van der Waals surface area contributed by atoms with Crippen LogP contribution >= 0.6 is 0 Å². The predicted molar refractivity (Wildman–Crippen MR) is 133 cm³/mol. The fraction of sp³-hybridized carbons (Fsp3) is 0.500. The zero-order valence-corrected chi connectivity index (χ0v) is 21.2. The Labute approximate surface area is 223 Å². The van der Waals surface area contributed by atoms with Gasteiger partial charge in [0.15, 0.2) is 0 Å². The fourth-order valence-electron chi connectivity index (χ4n) is 5.74. The van der Waals surface area contributed by atoms with E-state index in [4.69, 9.17) is 5.11 Å². The average molecular weight is 540 g/mol. The molecular formula is C26H29N5O8. The van der Waals surface area contributed by atoms with Gasteiger partial charge in [0.25, 0.3) is 11.8 Å². The number of carboxylic acids is 1. The molecule has 3 N–H and O–H groups in total. The number of aliphatic carboxylic acids is 1. The first-order valence-electron chi connectivity index (χ1n) is 13.0. The highest BCUT2D eigenvalue weighted by Crippen LogP contribution is 2.32. The number of fused-ring (bicyclic) bond motifs is 1. The van der Waals surface area contributed by atoms with Crippen molar-refractivity contribution in [2.45, 2.75) is 38.1 Å². The molecule has 0 saturated carbocycles. The van der Waals surface area contributed by atoms with Crippen molar-refractivity contribution in [3.05, 3.63) is 29.3 Å². The van der Waals surface area contributed by atoms with Gasteiger partial charge in [-0.25, -0.2) is 0 Å². The van der Waals surface area contributed by atoms with E-state index in [1.807, 2.05) is 0 Å². The number of amides is 6. The van der Waals surface area contributed by atoms with Crippen LogP contribution in [0.15, 0.2) is 18.2 Å². The fourth-order valence-corrected chi connectivity index (χ4v) is 5.74. The van der Waals surface area contributed by atoms with E-state index < -0.39 is 41.6 Å². The Morgan fingerprint density at radius 2 is 1.62 bits per heavy atom. The van der Waals surface area contributed by atoms with Gasteiger partial charge in [-0.3, -0.25) is 43.8 Å². The van der Waals surface area contributed by atoms with Gasteiger partial charge >= 0.3 is 5.97 Å². The molecule has 13 nitrogen and oxygen atoms in total. The Hall–Kier alpha value is -4.29. The molecule has 0 spiro atoms. The number of carbonyl (C=O) groups is 7. The van der Waals surface area contributed by atoms with Crippen LogP contribution in [0.25, 0.3) is 0 Å². The van der Waals surface area contributed by atoms with Crippen LogP contribution in [0, 0.1) is 11.8 Å². The molecule has 1 aromatic rings. The topological polar surface area (TPSA) is 174 Å². The van der Waals surface area contributed by atoms with Gasteiger partial charge in [0, 0.05) is 44.2 Å². The molecule has 5 rings (SSSR count). The Morgan fingerprint density at radius 1 is 0.923 bits per heavy atom. The van der Waals surface area contributed by atoms with Crippen LogP contribution in [0.4, 0.5) is 5.69 Å². The van der Waals surface area contributed by atoms with Crippen molar-refractivity contribution in [3.63, 3.8) is 0 Å². The quantitative estimate of drug-likeness (QED) is 0.409. The lowest BCUT2D eigenvalue weighted by molar-refractivity contribution is -0.143. The van der Waals surface area contributed by atoms with Crippen LogP contribution in [-0.4, -0.2) is 100.0 Å². The molecule has 2 atom stereocenters. The highest BCUT2D eigenvalue weighted by Gasteiger charge is 2.45. The summed E-state index contributed by atoms with van der Waals surface area (Å²) in [6.07, 6.45) is 1.48. The first-order chi connectivity index (χ1) is 18.7. The standard InChI is InChI=1S/C26H29N5O8/c32-19-5-4-18(22(34)28-19)31-24(36)16-2-1-3-17(21(16)25(31)37)27-12-20(33)29-9-6-14(7-10-29)23(35)30-11-8-15(13-30)26(38)39/h1-3,14-15,18,27H,4-13H2,(H,38,39)(H,28,32,34). The smallest absolute Gasteiger partial charge is 0.308 e. The summed E-state index contributed by atoms with van der Waals surface area (Å²) in [7, 11) is 0. The molecule has 0 aromatic heterocycles. The van der Waals surface area contributed by atoms with Crippen molar-refractivity contribution in [2.75, 3.05) is 38.0 Å². The Morgan fingerprint density at radius 3 is 2.28 bits per heavy atom. The molecule has 3 fully saturated rings. The molecule has 13 heteroatoms. The number of benzene rings is 1. The predicted octanol–water partition coefficient (Wildman–Crippen LogP) is -0.329. The lowest BCUT2D eigenvalue weighted by Crippen LogP contribution is -2.54. The molecule has 1 aromatic carbocycles. The van der Waals surface area contributed by atoms with Crippen molar-refractivity contribution in [3.8, 4) is 0 Å². The second kappa shape index (κ2) is 10.5. The summed E-state index contributed by atoms with van der Waals surface area (Å²) in [4.78, 5) is 91.0. The largest absolute Gasteiger partial charge is 0.481 e. The number of imide groups is 2. The molecule has 6 amide bonds. The van der Waals surface area contributed by atoms with Crippen molar-refractivity contribution in [1.82, 2.24) is 20.0 Å². The van der Waals surface area contributed by atoms with Crippen molar-refractivity contribution in [2.24, 2.45) is 11.8 Å². The number of nitrogens with zero attached hydrogens (tertiary/aromatic N) is 3. The number of likely N-dealkylation sites (tertiary alicyclic amines) is 2. The van der Waals surface area contributed by atoms with Crippen molar-refractivity contribution < 1.29 is 38.7 Å². The minimum Gasteiger partial charge on any atom is -0.481 e. The Balaban J connectivity index is 1.17. The van der Waals surface area contributed by atoms with E-state index in [0.29, 0.717) is 44.6 Å². The molecule has 0 bridgehead atoms. The summed E-state index contributed by atoms with van der Waals surface area (Å²) < 4.78 is 0. The molecule has 0 radical (unpaired) electrons. The molecule has 39 heavy (non-hydrogen) atoms. The number of carboxylic acid groups (broad SMARTS) is 1. The van der Waals surface area contributed by atoms with E-state index in [9.17, 15) is 33.6 Å². The third-order valence-corrected chi connectivity index (χ3v) is 7.94. The van der Waals surface area contributed by atoms with Gasteiger partial charge in [0.05, 0.1) is 23.6 Å². The first-order valence-corrected chi connectivity index (χ1v) is 13.0. The maximum absolute atomic E-state index is 13.2. The number of hydrogen-bond acceptors (Lipinski definition) is 8. The summed E-state index contributed by atoms with van der Waals surface area (Å²) in [6.45, 7) is 1.27. The minimum atomic E-state index is -1.08. The molecule has 3 saturated heterocycles. The molecule has 2 unspecified atom stereocenters. The highest BCUT2D eigenvalue weighted by atomic mass is 16.4. The third kappa shape index (κ3) is 4.95. The number of carbonyl (C=O) groups excluding carboxylic acids is 6. The van der Waals surface area contributed by atoms with Crippen molar-refractivity contribution >= 4 is 47.1 Å². The lowest BCUT2D eigenvalue weighted by Gasteiger charge is -2.33. The molecule has 4 aliphatic heterocycles. The van der Waals surface area contributed by atoms with Gasteiger partial charge in [0.2, 0.25) is 23.6 Å². The molecular weight excluding hydrogens is 510 g/mol. The molecule has 4 aliphatic rings. The third-order valence-electron chi connectivity index (χ3n) is 7.94. The Bertz CT molecular complexity index is 1270. The normalized spacial score (nSPS) is 23.6. The van der Waals surface area contributed by atoms with Crippen LogP contribution in [0.1, 0.15) is 52.8 Å². The monoisotopic (exact) mass is 539 g/mol. The van der Waals surface area contributed by atoms with Gasteiger partial charge in [-0.05, 0) is 37.8 Å². The van der Waals surface area contributed by atoms with Crippen LogP contribution in [0.3, 0.4) is 0 Å². The summed E-state index contributed by atoms with van der Waals surface area (Å²) in [5.74, 6) is -4.41. The van der Waals surface area contributed by atoms with Crippen LogP contribution in [0.5, 0.6) is 0 Å². The summed E-state index contributed by atoms with van der Waals surface area (Å²) in [6, 6.07) is 3.56. The first kappa shape index (κ1) is 26.3. The number of hydrogen-bond donors (Lipinski definition) is 3. The van der Waals surface area contributed by atoms with E-state index in [1.54, 1.807) is 21.9 Å². The van der Waals surface area contributed by atoms with E-state index in [-0.39, 0.29) is 54.8 Å². The van der Waals surface area contributed by atoms with E-state index >= 15 is 0 Å². The SMILES string of the molecule is O=C1CCC(N2C(=O)c3cccc(NCC(=O)N4CCC(C(=O)N5CCC(C(=O)O)C5)CC4)c3C2=O)C(=O)N1. The number of nitrogens with one attached hydrogen (secondary N) is 2. The summed E-state index contributed by atoms with van der Waals surface area (Å²) >= 11 is 0. The zero-order chi connectivity index (χ0) is 27.8. The zero-order valence-electron chi connectivity index (χ0n) is 21.2. The van der Waals surface area contributed by atoms with E-state index in [2.05, 4.69) is 10.6 Å². The summed E-state index contributed by atoms with van der Waals surface area (Å²) in [5.41, 5.74) is 0.490. The highest BCUT2D eigenvalue weighted by molar-refractivity contribution is 6.25. The van der Waals surface area contributed by atoms with Crippen LogP contribution in [-0.2, 0) is 24.0 Å². The van der Waals surface area contributed by atoms with E-state index in [0.717, 1.165) is 4.90 Å². The lowest BCUT2D eigenvalue weighted by atomic mass is 9.95. The minimum absolute atomic E-state index is 0.0204. The molecule has 206 valence electrons. The number of rotatable bonds is 6.